The molecule has 1 heterocycles. The van der Waals surface area contributed by atoms with Gasteiger partial charge in [-0.2, -0.15) is 5.26 Å². The van der Waals surface area contributed by atoms with Gasteiger partial charge in [0.25, 0.3) is 12.3 Å². The molecule has 3 atom stereocenters. The molecule has 2 aromatic carbocycles. The summed E-state index contributed by atoms with van der Waals surface area (Å²) >= 11 is 6.45. The number of nitrogens with one attached hydrogen (secondary N) is 2. The van der Waals surface area contributed by atoms with Crippen molar-refractivity contribution in [1.29, 1.82) is 5.26 Å². The van der Waals surface area contributed by atoms with E-state index in [1.54, 1.807) is 36.6 Å². The fourth-order valence-corrected chi connectivity index (χ4v) is 3.96. The van der Waals surface area contributed by atoms with Crippen LogP contribution in [0, 0.1) is 30.1 Å². The summed E-state index contributed by atoms with van der Waals surface area (Å²) in [6.07, 6.45) is -3.98. The molecule has 0 bridgehead atoms. The first-order chi connectivity index (χ1) is 16.2. The second-order valence-corrected chi connectivity index (χ2v) is 8.46. The van der Waals surface area contributed by atoms with E-state index in [-0.39, 0.29) is 23.3 Å². The standard InChI is InChI=1S/C24H18ClF3N4O2/c1-11-4-12(23(33)32-22(28)21(26)27)2-3-16(11)13-5-14-8-20(30-10-18(14)19(25)7-13)31-24(34)17-6-15(17)9-29/h2-5,7-8,10,15,17,21-22H,6H2,1H3,(H,32,33)(H,30,31,34). The van der Waals surface area contributed by atoms with Crippen molar-refractivity contribution in [2.75, 3.05) is 5.32 Å². The average Bonchev–Trinajstić information content (AvgIpc) is 3.58. The molecule has 0 aliphatic heterocycles. The molecule has 4 rings (SSSR count). The summed E-state index contributed by atoms with van der Waals surface area (Å²) in [6.45, 7) is 1.73. The molecule has 6 nitrogen and oxygen atoms in total. The van der Waals surface area contributed by atoms with E-state index in [2.05, 4.69) is 16.4 Å². The summed E-state index contributed by atoms with van der Waals surface area (Å²) in [4.78, 5) is 28.5. The number of hydrogen-bond donors (Lipinski definition) is 2. The molecular weight excluding hydrogens is 469 g/mol. The molecule has 1 aromatic heterocycles. The van der Waals surface area contributed by atoms with E-state index >= 15 is 0 Å². The minimum Gasteiger partial charge on any atom is -0.318 e. The predicted molar refractivity (Wildman–Crippen MR) is 121 cm³/mol. The Morgan fingerprint density at radius 3 is 2.62 bits per heavy atom. The average molecular weight is 487 g/mol. The van der Waals surface area contributed by atoms with E-state index in [1.807, 2.05) is 6.07 Å². The Morgan fingerprint density at radius 2 is 1.97 bits per heavy atom. The number of benzene rings is 2. The van der Waals surface area contributed by atoms with E-state index in [0.29, 0.717) is 39.2 Å². The fourth-order valence-electron chi connectivity index (χ4n) is 3.68. The van der Waals surface area contributed by atoms with Crippen LogP contribution in [0.3, 0.4) is 0 Å². The van der Waals surface area contributed by atoms with Gasteiger partial charge >= 0.3 is 0 Å². The monoisotopic (exact) mass is 486 g/mol. The molecule has 34 heavy (non-hydrogen) atoms. The molecule has 10 heteroatoms. The number of fused-ring (bicyclic) bond motifs is 1. The van der Waals surface area contributed by atoms with E-state index in [1.165, 1.54) is 12.1 Å². The van der Waals surface area contributed by atoms with E-state index in [9.17, 15) is 22.8 Å². The second kappa shape index (κ2) is 9.31. The number of aryl methyl sites for hydroxylation is 1. The maximum atomic E-state index is 13.2. The molecule has 3 unspecified atom stereocenters. The maximum Gasteiger partial charge on any atom is 0.287 e. The molecule has 2 amide bonds. The Morgan fingerprint density at radius 1 is 1.21 bits per heavy atom. The largest absolute Gasteiger partial charge is 0.318 e. The normalized spacial score (nSPS) is 17.8. The van der Waals surface area contributed by atoms with Crippen LogP contribution in [-0.4, -0.2) is 29.5 Å². The van der Waals surface area contributed by atoms with Crippen molar-refractivity contribution in [3.8, 4) is 17.2 Å². The number of carbonyl (C=O) groups is 2. The molecule has 1 aliphatic carbocycles. The number of amides is 2. The number of alkyl halides is 3. The van der Waals surface area contributed by atoms with Crippen molar-refractivity contribution in [2.45, 2.75) is 26.1 Å². The first-order valence-corrected chi connectivity index (χ1v) is 10.7. The Hall–Kier alpha value is -3.64. The molecular formula is C24H18ClF3N4O2. The van der Waals surface area contributed by atoms with Crippen molar-refractivity contribution >= 4 is 40.0 Å². The first-order valence-electron chi connectivity index (χ1n) is 10.3. The lowest BCUT2D eigenvalue weighted by Crippen LogP contribution is -2.36. The van der Waals surface area contributed by atoms with Crippen molar-refractivity contribution in [2.24, 2.45) is 11.8 Å². The number of anilines is 1. The first kappa shape index (κ1) is 23.5. The zero-order chi connectivity index (χ0) is 24.6. The number of halogens is 4. The summed E-state index contributed by atoms with van der Waals surface area (Å²) in [5, 5.41) is 15.0. The molecule has 3 aromatic rings. The van der Waals surface area contributed by atoms with Crippen molar-refractivity contribution < 1.29 is 22.8 Å². The molecule has 174 valence electrons. The smallest absolute Gasteiger partial charge is 0.287 e. The molecule has 1 saturated carbocycles. The van der Waals surface area contributed by atoms with Gasteiger partial charge in [0.1, 0.15) is 5.82 Å². The number of hydrogen-bond acceptors (Lipinski definition) is 4. The summed E-state index contributed by atoms with van der Waals surface area (Å²) in [7, 11) is 0. The highest BCUT2D eigenvalue weighted by molar-refractivity contribution is 6.36. The molecule has 0 spiro atoms. The van der Waals surface area contributed by atoms with Crippen LogP contribution in [0.4, 0.5) is 19.0 Å². The number of carbonyl (C=O) groups excluding carboxylic acids is 2. The van der Waals surface area contributed by atoms with E-state index in [0.717, 1.165) is 5.56 Å². The summed E-state index contributed by atoms with van der Waals surface area (Å²) in [6, 6.07) is 11.8. The van der Waals surface area contributed by atoms with Gasteiger partial charge in [-0.3, -0.25) is 9.59 Å². The summed E-state index contributed by atoms with van der Waals surface area (Å²) in [5.41, 5.74) is 2.13. The Labute approximate surface area is 197 Å². The van der Waals surface area contributed by atoms with Gasteiger partial charge in [-0.1, -0.05) is 17.7 Å². The van der Waals surface area contributed by atoms with Crippen molar-refractivity contribution in [3.63, 3.8) is 0 Å². The number of rotatable bonds is 6. The summed E-state index contributed by atoms with van der Waals surface area (Å²) in [5.74, 6) is -1.46. The Kier molecular flexibility index (Phi) is 6.44. The Bertz CT molecular complexity index is 1340. The van der Waals surface area contributed by atoms with Gasteiger partial charge in [-0.25, -0.2) is 18.2 Å². The van der Waals surface area contributed by atoms with Gasteiger partial charge in [0.2, 0.25) is 12.2 Å². The van der Waals surface area contributed by atoms with Crippen LogP contribution >= 0.6 is 11.6 Å². The van der Waals surface area contributed by atoms with Gasteiger partial charge in [-0.05, 0) is 65.8 Å². The highest BCUT2D eigenvalue weighted by atomic mass is 35.5. The third kappa shape index (κ3) is 4.82. The minimum atomic E-state index is -3.31. The second-order valence-electron chi connectivity index (χ2n) is 8.06. The molecule has 1 aliphatic rings. The molecule has 2 N–H and O–H groups in total. The van der Waals surface area contributed by atoms with Gasteiger partial charge in [0.15, 0.2) is 0 Å². The van der Waals surface area contributed by atoms with E-state index < -0.39 is 18.6 Å². The maximum absolute atomic E-state index is 13.2. The quantitative estimate of drug-likeness (QED) is 0.465. The molecule has 0 radical (unpaired) electrons. The van der Waals surface area contributed by atoms with Gasteiger partial charge in [-0.15, -0.1) is 0 Å². The van der Waals surface area contributed by atoms with Crippen LogP contribution in [0.25, 0.3) is 21.9 Å². The van der Waals surface area contributed by atoms with Crippen molar-refractivity contribution in [1.82, 2.24) is 10.3 Å². The molecule has 0 saturated heterocycles. The summed E-state index contributed by atoms with van der Waals surface area (Å²) < 4.78 is 37.9. The van der Waals surface area contributed by atoms with Gasteiger partial charge in [0, 0.05) is 17.1 Å². The Balaban J connectivity index is 1.60. The lowest BCUT2D eigenvalue weighted by atomic mass is 9.96. The number of nitriles is 1. The predicted octanol–water partition coefficient (Wildman–Crippen LogP) is 5.25. The van der Waals surface area contributed by atoms with Gasteiger partial charge in [0.05, 0.1) is 22.9 Å². The van der Waals surface area contributed by atoms with Crippen LogP contribution in [0.2, 0.25) is 5.02 Å². The molecule has 1 fully saturated rings. The highest BCUT2D eigenvalue weighted by Crippen LogP contribution is 2.39. The van der Waals surface area contributed by atoms with Crippen LogP contribution in [0.15, 0.2) is 42.6 Å². The zero-order valence-electron chi connectivity index (χ0n) is 17.8. The topological polar surface area (TPSA) is 94.9 Å². The third-order valence-corrected chi connectivity index (χ3v) is 5.93. The van der Waals surface area contributed by atoms with Crippen LogP contribution in [0.5, 0.6) is 0 Å². The highest BCUT2D eigenvalue weighted by Gasteiger charge is 2.43. The van der Waals surface area contributed by atoms with Crippen LogP contribution in [0.1, 0.15) is 22.3 Å². The lowest BCUT2D eigenvalue weighted by molar-refractivity contribution is -0.117. The lowest BCUT2D eigenvalue weighted by Gasteiger charge is -2.13. The van der Waals surface area contributed by atoms with Crippen LogP contribution in [-0.2, 0) is 4.79 Å². The van der Waals surface area contributed by atoms with Crippen molar-refractivity contribution in [3.05, 3.63) is 58.7 Å². The zero-order valence-corrected chi connectivity index (χ0v) is 18.5. The number of nitrogens with zero attached hydrogens (tertiary/aromatic N) is 2. The SMILES string of the molecule is Cc1cc(C(=O)NC(F)C(F)F)ccc1-c1cc(Cl)c2cnc(NC(=O)C3CC3C#N)cc2c1. The fraction of sp³-hybridized carbons (Fsp3) is 0.250. The number of pyridine rings is 1. The van der Waals surface area contributed by atoms with Gasteiger partial charge < -0.3 is 10.6 Å². The van der Waals surface area contributed by atoms with Crippen LogP contribution < -0.4 is 10.6 Å². The van der Waals surface area contributed by atoms with E-state index in [4.69, 9.17) is 16.9 Å². The third-order valence-electron chi connectivity index (χ3n) is 5.62. The number of aromatic nitrogens is 1. The minimum absolute atomic E-state index is 0.0429.